The highest BCUT2D eigenvalue weighted by atomic mass is 16.3. The van der Waals surface area contributed by atoms with Crippen LogP contribution in [-0.4, -0.2) is 55.4 Å². The van der Waals surface area contributed by atoms with E-state index < -0.39 is 0 Å². The first-order valence-electron chi connectivity index (χ1n) is 8.06. The SMILES string of the molecule is OC1CNCCC1CNc1nccc(-c2ccn3nccc3n2)n1. The lowest BCUT2D eigenvalue weighted by Crippen LogP contribution is -2.43. The molecule has 2 unspecified atom stereocenters. The van der Waals surface area contributed by atoms with Crippen molar-refractivity contribution in [3.63, 3.8) is 0 Å². The van der Waals surface area contributed by atoms with Gasteiger partial charge in [-0.15, -0.1) is 0 Å². The molecule has 2 atom stereocenters. The van der Waals surface area contributed by atoms with E-state index in [4.69, 9.17) is 0 Å². The third-order valence-corrected chi connectivity index (χ3v) is 4.29. The Labute approximate surface area is 139 Å². The number of aromatic nitrogens is 5. The largest absolute Gasteiger partial charge is 0.391 e. The normalized spacial score (nSPS) is 21.0. The molecule has 124 valence electrons. The van der Waals surface area contributed by atoms with Crippen molar-refractivity contribution in [2.24, 2.45) is 5.92 Å². The second-order valence-corrected chi connectivity index (χ2v) is 5.91. The molecule has 3 N–H and O–H groups in total. The minimum absolute atomic E-state index is 0.208. The second kappa shape index (κ2) is 6.50. The topological polar surface area (TPSA) is 100 Å². The average Bonchev–Trinajstić information content (AvgIpc) is 3.09. The standard InChI is InChI=1S/C16H19N7O/c24-14-10-17-5-1-11(14)9-19-16-18-6-2-12(22-16)13-4-8-23-15(21-13)3-7-20-23/h2-4,6-8,11,14,17,24H,1,5,9-10H2,(H,18,19,22). The fourth-order valence-electron chi connectivity index (χ4n) is 2.90. The van der Waals surface area contributed by atoms with Crippen molar-refractivity contribution >= 4 is 11.6 Å². The van der Waals surface area contributed by atoms with E-state index in [1.165, 1.54) is 0 Å². The molecule has 4 heterocycles. The number of aliphatic hydroxyl groups excluding tert-OH is 1. The molecular formula is C16H19N7O. The molecule has 3 aromatic heterocycles. The van der Waals surface area contributed by atoms with E-state index in [0.29, 0.717) is 19.0 Å². The van der Waals surface area contributed by atoms with Crippen LogP contribution in [0.5, 0.6) is 0 Å². The van der Waals surface area contributed by atoms with E-state index in [0.717, 1.165) is 30.0 Å². The Bertz CT molecular complexity index is 834. The molecule has 0 radical (unpaired) electrons. The van der Waals surface area contributed by atoms with Gasteiger partial charge in [-0.3, -0.25) is 0 Å². The average molecular weight is 325 g/mol. The van der Waals surface area contributed by atoms with Crippen molar-refractivity contribution in [1.82, 2.24) is 29.9 Å². The van der Waals surface area contributed by atoms with E-state index >= 15 is 0 Å². The predicted molar refractivity (Wildman–Crippen MR) is 89.5 cm³/mol. The van der Waals surface area contributed by atoms with Crippen molar-refractivity contribution < 1.29 is 5.11 Å². The first-order chi connectivity index (χ1) is 11.8. The van der Waals surface area contributed by atoms with Crippen LogP contribution in [0.15, 0.2) is 36.8 Å². The maximum atomic E-state index is 10.00. The number of rotatable bonds is 4. The Morgan fingerprint density at radius 2 is 2.12 bits per heavy atom. The number of piperidine rings is 1. The number of β-amino-alcohol motifs (C(OH)–C–C–N with tert-alkyl or cyclic N) is 1. The third kappa shape index (κ3) is 3.06. The van der Waals surface area contributed by atoms with Crippen molar-refractivity contribution in [2.75, 3.05) is 25.0 Å². The zero-order chi connectivity index (χ0) is 16.4. The molecule has 1 saturated heterocycles. The zero-order valence-electron chi connectivity index (χ0n) is 13.1. The van der Waals surface area contributed by atoms with Crippen LogP contribution in [0.25, 0.3) is 17.0 Å². The van der Waals surface area contributed by atoms with Gasteiger partial charge in [0.1, 0.15) is 0 Å². The van der Waals surface area contributed by atoms with E-state index in [9.17, 15) is 5.11 Å². The lowest BCUT2D eigenvalue weighted by molar-refractivity contribution is 0.0883. The molecule has 4 rings (SSSR count). The summed E-state index contributed by atoms with van der Waals surface area (Å²) in [5, 5.41) is 20.6. The minimum Gasteiger partial charge on any atom is -0.391 e. The molecular weight excluding hydrogens is 306 g/mol. The number of nitrogens with one attached hydrogen (secondary N) is 2. The van der Waals surface area contributed by atoms with Crippen LogP contribution in [0, 0.1) is 5.92 Å². The highest BCUT2D eigenvalue weighted by Crippen LogP contribution is 2.17. The molecule has 0 amide bonds. The molecule has 0 aliphatic carbocycles. The number of hydrogen-bond donors (Lipinski definition) is 3. The van der Waals surface area contributed by atoms with Crippen LogP contribution >= 0.6 is 0 Å². The van der Waals surface area contributed by atoms with Gasteiger partial charge < -0.3 is 15.7 Å². The second-order valence-electron chi connectivity index (χ2n) is 5.91. The van der Waals surface area contributed by atoms with Crippen LogP contribution in [0.3, 0.4) is 0 Å². The van der Waals surface area contributed by atoms with Crippen LogP contribution in [0.2, 0.25) is 0 Å². The summed E-state index contributed by atoms with van der Waals surface area (Å²) in [6.45, 7) is 2.23. The van der Waals surface area contributed by atoms with Crippen LogP contribution in [-0.2, 0) is 0 Å². The predicted octanol–water partition coefficient (Wildman–Crippen LogP) is 0.569. The maximum Gasteiger partial charge on any atom is 0.223 e. The fraction of sp³-hybridized carbons (Fsp3) is 0.375. The first kappa shape index (κ1) is 15.0. The third-order valence-electron chi connectivity index (χ3n) is 4.29. The van der Waals surface area contributed by atoms with Gasteiger partial charge in [-0.1, -0.05) is 0 Å². The van der Waals surface area contributed by atoms with Crippen molar-refractivity contribution in [1.29, 1.82) is 0 Å². The molecule has 3 aromatic rings. The molecule has 1 fully saturated rings. The maximum absolute atomic E-state index is 10.00. The Morgan fingerprint density at radius 3 is 3.04 bits per heavy atom. The Morgan fingerprint density at radius 1 is 1.21 bits per heavy atom. The molecule has 0 saturated carbocycles. The lowest BCUT2D eigenvalue weighted by Gasteiger charge is -2.28. The quantitative estimate of drug-likeness (QED) is 0.645. The highest BCUT2D eigenvalue weighted by Gasteiger charge is 2.22. The number of fused-ring (bicyclic) bond motifs is 1. The van der Waals surface area contributed by atoms with Gasteiger partial charge in [-0.05, 0) is 25.1 Å². The fourth-order valence-corrected chi connectivity index (χ4v) is 2.90. The van der Waals surface area contributed by atoms with Crippen molar-refractivity contribution in [2.45, 2.75) is 12.5 Å². The minimum atomic E-state index is -0.333. The first-order valence-corrected chi connectivity index (χ1v) is 8.06. The lowest BCUT2D eigenvalue weighted by atomic mass is 9.95. The monoisotopic (exact) mass is 325 g/mol. The van der Waals surface area contributed by atoms with E-state index in [1.807, 2.05) is 24.4 Å². The van der Waals surface area contributed by atoms with Gasteiger partial charge in [0.25, 0.3) is 0 Å². The number of anilines is 1. The Balaban J connectivity index is 1.50. The summed E-state index contributed by atoms with van der Waals surface area (Å²) in [5.74, 6) is 0.758. The van der Waals surface area contributed by atoms with Crippen molar-refractivity contribution in [3.8, 4) is 11.4 Å². The van der Waals surface area contributed by atoms with E-state index in [1.54, 1.807) is 16.9 Å². The molecule has 1 aliphatic rings. The van der Waals surface area contributed by atoms with E-state index in [-0.39, 0.29) is 12.0 Å². The summed E-state index contributed by atoms with van der Waals surface area (Å²) >= 11 is 0. The molecule has 0 spiro atoms. The van der Waals surface area contributed by atoms with Crippen LogP contribution < -0.4 is 10.6 Å². The van der Waals surface area contributed by atoms with Gasteiger partial charge in [0.2, 0.25) is 5.95 Å². The summed E-state index contributed by atoms with van der Waals surface area (Å²) in [6.07, 6.45) is 5.89. The Kier molecular flexibility index (Phi) is 4.06. The van der Waals surface area contributed by atoms with Gasteiger partial charge in [0.05, 0.1) is 23.7 Å². The number of hydrogen-bond acceptors (Lipinski definition) is 7. The summed E-state index contributed by atoms with van der Waals surface area (Å²) < 4.78 is 1.71. The molecule has 1 aliphatic heterocycles. The van der Waals surface area contributed by atoms with Gasteiger partial charge in [-0.2, -0.15) is 5.10 Å². The van der Waals surface area contributed by atoms with Gasteiger partial charge >= 0.3 is 0 Å². The molecule has 0 aromatic carbocycles. The molecule has 24 heavy (non-hydrogen) atoms. The van der Waals surface area contributed by atoms with Crippen LogP contribution in [0.1, 0.15) is 6.42 Å². The van der Waals surface area contributed by atoms with E-state index in [2.05, 4.69) is 30.7 Å². The highest BCUT2D eigenvalue weighted by molar-refractivity contribution is 5.58. The summed E-state index contributed by atoms with van der Waals surface area (Å²) in [6, 6.07) is 5.56. The molecule has 8 heteroatoms. The summed E-state index contributed by atoms with van der Waals surface area (Å²) in [4.78, 5) is 13.3. The van der Waals surface area contributed by atoms with Gasteiger partial charge in [0, 0.05) is 37.5 Å². The summed E-state index contributed by atoms with van der Waals surface area (Å²) in [7, 11) is 0. The zero-order valence-corrected chi connectivity index (χ0v) is 13.1. The molecule has 0 bridgehead atoms. The number of nitrogens with zero attached hydrogens (tertiary/aromatic N) is 5. The molecule has 8 nitrogen and oxygen atoms in total. The summed E-state index contributed by atoms with van der Waals surface area (Å²) in [5.41, 5.74) is 2.30. The van der Waals surface area contributed by atoms with Gasteiger partial charge in [0.15, 0.2) is 5.65 Å². The van der Waals surface area contributed by atoms with Crippen LogP contribution in [0.4, 0.5) is 5.95 Å². The van der Waals surface area contributed by atoms with Gasteiger partial charge in [-0.25, -0.2) is 19.5 Å². The smallest absolute Gasteiger partial charge is 0.223 e. The Hall–Kier alpha value is -2.58. The van der Waals surface area contributed by atoms with Crippen molar-refractivity contribution in [3.05, 3.63) is 36.8 Å². The number of aliphatic hydroxyl groups is 1.